The van der Waals surface area contributed by atoms with Gasteiger partial charge in [-0.1, -0.05) is 18.6 Å². The number of nitrogens with one attached hydrogen (secondary N) is 2. The minimum absolute atomic E-state index is 0.0329. The Morgan fingerprint density at radius 2 is 1.48 bits per heavy atom. The van der Waals surface area contributed by atoms with Gasteiger partial charge in [0.05, 0.1) is 10.5 Å². The molecular formula is C19H20F3N3O3S. The van der Waals surface area contributed by atoms with Crippen LogP contribution in [0.15, 0.2) is 53.4 Å². The molecule has 0 atom stereocenters. The van der Waals surface area contributed by atoms with E-state index in [9.17, 15) is 26.4 Å². The van der Waals surface area contributed by atoms with Crippen molar-refractivity contribution in [2.45, 2.75) is 30.3 Å². The fourth-order valence-corrected chi connectivity index (χ4v) is 4.62. The molecule has 2 amide bonds. The lowest BCUT2D eigenvalue weighted by Gasteiger charge is -2.26. The van der Waals surface area contributed by atoms with E-state index in [1.807, 2.05) is 0 Å². The van der Waals surface area contributed by atoms with E-state index in [4.69, 9.17) is 0 Å². The first-order valence-corrected chi connectivity index (χ1v) is 10.5. The maximum Gasteiger partial charge on any atom is 0.416 e. The summed E-state index contributed by atoms with van der Waals surface area (Å²) in [5, 5.41) is 4.76. The van der Waals surface area contributed by atoms with E-state index < -0.39 is 27.8 Å². The smallest absolute Gasteiger partial charge is 0.308 e. The number of sulfonamides is 1. The summed E-state index contributed by atoms with van der Waals surface area (Å²) in [5.41, 5.74) is -0.702. The summed E-state index contributed by atoms with van der Waals surface area (Å²) in [6.45, 7) is 0.909. The van der Waals surface area contributed by atoms with Crippen molar-refractivity contribution in [3.05, 3.63) is 54.1 Å². The van der Waals surface area contributed by atoms with Crippen LogP contribution in [0.3, 0.4) is 0 Å². The minimum atomic E-state index is -4.52. The average Bonchev–Trinajstić information content (AvgIpc) is 2.68. The second-order valence-electron chi connectivity index (χ2n) is 6.65. The number of piperidine rings is 1. The number of hydrogen-bond acceptors (Lipinski definition) is 3. The molecule has 0 unspecified atom stereocenters. The van der Waals surface area contributed by atoms with Gasteiger partial charge in [-0.25, -0.2) is 13.2 Å². The fraction of sp³-hybridized carbons (Fsp3) is 0.316. The molecule has 3 rings (SSSR count). The molecule has 1 heterocycles. The Kier molecular flexibility index (Phi) is 6.13. The van der Waals surface area contributed by atoms with E-state index >= 15 is 0 Å². The van der Waals surface area contributed by atoms with Crippen LogP contribution in [0.25, 0.3) is 0 Å². The monoisotopic (exact) mass is 427 g/mol. The first kappa shape index (κ1) is 21.1. The predicted octanol–water partition coefficient (Wildman–Crippen LogP) is 4.52. The normalized spacial score (nSPS) is 15.7. The van der Waals surface area contributed by atoms with Gasteiger partial charge in [0.15, 0.2) is 0 Å². The highest BCUT2D eigenvalue weighted by Crippen LogP contribution is 2.30. The third-order valence-corrected chi connectivity index (χ3v) is 6.39. The maximum atomic E-state index is 12.8. The Morgan fingerprint density at radius 3 is 2.10 bits per heavy atom. The Hall–Kier alpha value is -2.59. The van der Waals surface area contributed by atoms with Crippen molar-refractivity contribution in [1.82, 2.24) is 4.31 Å². The summed E-state index contributed by atoms with van der Waals surface area (Å²) in [6.07, 6.45) is -1.93. The van der Waals surface area contributed by atoms with E-state index in [1.165, 1.54) is 40.7 Å². The lowest BCUT2D eigenvalue weighted by Crippen LogP contribution is -2.35. The SMILES string of the molecule is O=C(Nc1cccc(C(F)(F)F)c1)Nc1cccc(S(=O)(=O)N2CCCCC2)c1. The van der Waals surface area contributed by atoms with Crippen LogP contribution in [0, 0.1) is 0 Å². The molecule has 2 N–H and O–H groups in total. The van der Waals surface area contributed by atoms with Crippen LogP contribution in [-0.4, -0.2) is 31.8 Å². The standard InChI is InChI=1S/C19H20F3N3O3S/c20-19(21,22)14-6-4-7-15(12-14)23-18(26)24-16-8-5-9-17(13-16)29(27,28)25-10-2-1-3-11-25/h4-9,12-13H,1-3,10-11H2,(H2,23,24,26). The third kappa shape index (κ3) is 5.27. The first-order chi connectivity index (χ1) is 13.7. The molecule has 10 heteroatoms. The van der Waals surface area contributed by atoms with Crippen LogP contribution in [0.5, 0.6) is 0 Å². The van der Waals surface area contributed by atoms with Crippen molar-refractivity contribution in [3.63, 3.8) is 0 Å². The molecule has 0 spiro atoms. The summed E-state index contributed by atoms with van der Waals surface area (Å²) in [6, 6.07) is 9.22. The number of carbonyl (C=O) groups excluding carboxylic acids is 1. The van der Waals surface area contributed by atoms with Gasteiger partial charge in [0.1, 0.15) is 0 Å². The van der Waals surface area contributed by atoms with Crippen LogP contribution in [0.1, 0.15) is 24.8 Å². The van der Waals surface area contributed by atoms with Crippen LogP contribution in [0.4, 0.5) is 29.3 Å². The van der Waals surface area contributed by atoms with Gasteiger partial charge in [-0.3, -0.25) is 0 Å². The molecule has 29 heavy (non-hydrogen) atoms. The summed E-state index contributed by atoms with van der Waals surface area (Å²) in [5.74, 6) is 0. The van der Waals surface area contributed by atoms with Crippen molar-refractivity contribution >= 4 is 27.4 Å². The van der Waals surface area contributed by atoms with Gasteiger partial charge in [-0.15, -0.1) is 0 Å². The molecular weight excluding hydrogens is 407 g/mol. The Balaban J connectivity index is 1.71. The van der Waals surface area contributed by atoms with Crippen molar-refractivity contribution in [2.24, 2.45) is 0 Å². The molecule has 0 aromatic heterocycles. The number of amides is 2. The summed E-state index contributed by atoms with van der Waals surface area (Å²) in [4.78, 5) is 12.2. The van der Waals surface area contributed by atoms with E-state index in [2.05, 4.69) is 10.6 Å². The zero-order valence-electron chi connectivity index (χ0n) is 15.4. The summed E-state index contributed by atoms with van der Waals surface area (Å²) in [7, 11) is -3.66. The fourth-order valence-electron chi connectivity index (χ4n) is 3.06. The number of urea groups is 1. The van der Waals surface area contributed by atoms with Gasteiger partial charge in [0.2, 0.25) is 10.0 Å². The molecule has 2 aromatic carbocycles. The van der Waals surface area contributed by atoms with Crippen molar-refractivity contribution in [2.75, 3.05) is 23.7 Å². The van der Waals surface area contributed by atoms with Crippen LogP contribution in [-0.2, 0) is 16.2 Å². The number of anilines is 2. The number of alkyl halides is 3. The molecule has 2 aromatic rings. The largest absolute Gasteiger partial charge is 0.416 e. The highest BCUT2D eigenvalue weighted by Gasteiger charge is 2.30. The van der Waals surface area contributed by atoms with Crippen LogP contribution < -0.4 is 10.6 Å². The third-order valence-electron chi connectivity index (χ3n) is 4.49. The van der Waals surface area contributed by atoms with E-state index in [0.29, 0.717) is 13.1 Å². The quantitative estimate of drug-likeness (QED) is 0.753. The number of rotatable bonds is 4. The van der Waals surface area contributed by atoms with Crippen LogP contribution >= 0.6 is 0 Å². The molecule has 6 nitrogen and oxygen atoms in total. The van der Waals surface area contributed by atoms with Gasteiger partial charge in [-0.05, 0) is 49.2 Å². The van der Waals surface area contributed by atoms with E-state index in [-0.39, 0.29) is 16.3 Å². The summed E-state index contributed by atoms with van der Waals surface area (Å²) >= 11 is 0. The topological polar surface area (TPSA) is 78.5 Å². The van der Waals surface area contributed by atoms with E-state index in [1.54, 1.807) is 0 Å². The molecule has 0 bridgehead atoms. The average molecular weight is 427 g/mol. The molecule has 0 aliphatic carbocycles. The highest BCUT2D eigenvalue weighted by atomic mass is 32.2. The Labute approximate surface area is 166 Å². The van der Waals surface area contributed by atoms with Gasteiger partial charge < -0.3 is 10.6 Å². The van der Waals surface area contributed by atoms with Crippen molar-refractivity contribution in [3.8, 4) is 0 Å². The van der Waals surface area contributed by atoms with Gasteiger partial charge in [0.25, 0.3) is 0 Å². The van der Waals surface area contributed by atoms with Gasteiger partial charge in [0, 0.05) is 24.5 Å². The van der Waals surface area contributed by atoms with Crippen molar-refractivity contribution in [1.29, 1.82) is 0 Å². The zero-order valence-corrected chi connectivity index (χ0v) is 16.2. The molecule has 0 radical (unpaired) electrons. The molecule has 156 valence electrons. The second-order valence-corrected chi connectivity index (χ2v) is 8.59. The maximum absolute atomic E-state index is 12.8. The second kappa shape index (κ2) is 8.42. The molecule has 0 saturated carbocycles. The predicted molar refractivity (Wildman–Crippen MR) is 103 cm³/mol. The first-order valence-electron chi connectivity index (χ1n) is 9.02. The van der Waals surface area contributed by atoms with Gasteiger partial charge in [-0.2, -0.15) is 17.5 Å². The molecule has 1 saturated heterocycles. The minimum Gasteiger partial charge on any atom is -0.308 e. The summed E-state index contributed by atoms with van der Waals surface area (Å²) < 4.78 is 65.2. The zero-order chi connectivity index (χ0) is 21.1. The molecule has 1 fully saturated rings. The molecule has 1 aliphatic heterocycles. The number of nitrogens with zero attached hydrogens (tertiary/aromatic N) is 1. The van der Waals surface area contributed by atoms with Crippen LogP contribution in [0.2, 0.25) is 0 Å². The van der Waals surface area contributed by atoms with Gasteiger partial charge >= 0.3 is 12.2 Å². The lowest BCUT2D eigenvalue weighted by molar-refractivity contribution is -0.137. The number of hydrogen-bond donors (Lipinski definition) is 2. The van der Waals surface area contributed by atoms with Crippen molar-refractivity contribution < 1.29 is 26.4 Å². The number of carbonyl (C=O) groups is 1. The molecule has 1 aliphatic rings. The Morgan fingerprint density at radius 1 is 0.897 bits per heavy atom. The highest BCUT2D eigenvalue weighted by molar-refractivity contribution is 7.89. The van der Waals surface area contributed by atoms with E-state index in [0.717, 1.165) is 31.4 Å². The number of halogens is 3. The lowest BCUT2D eigenvalue weighted by atomic mass is 10.2. The Bertz CT molecular complexity index is 987. The number of benzene rings is 2.